The summed E-state index contributed by atoms with van der Waals surface area (Å²) >= 11 is 5.39. The third-order valence-corrected chi connectivity index (χ3v) is 5.26. The summed E-state index contributed by atoms with van der Waals surface area (Å²) in [4.78, 5) is 17.5. The predicted molar refractivity (Wildman–Crippen MR) is 143 cm³/mol. The van der Waals surface area contributed by atoms with Crippen LogP contribution in [0.25, 0.3) is 22.6 Å². The largest absolute Gasteiger partial charge is 0.490 e. The molecule has 0 unspecified atom stereocenters. The molecule has 1 aromatic heterocycles. The lowest BCUT2D eigenvalue weighted by atomic mass is 10.1. The summed E-state index contributed by atoms with van der Waals surface area (Å²) in [6.07, 6.45) is 0. The van der Waals surface area contributed by atoms with Gasteiger partial charge in [-0.05, 0) is 75.5 Å². The van der Waals surface area contributed by atoms with Crippen molar-refractivity contribution in [1.82, 2.24) is 10.3 Å². The maximum absolute atomic E-state index is 13.0. The molecule has 36 heavy (non-hydrogen) atoms. The van der Waals surface area contributed by atoms with Gasteiger partial charge in [-0.15, -0.1) is 0 Å². The number of ether oxygens (including phenoxy) is 3. The number of oxazole rings is 1. The molecule has 0 saturated carbocycles. The van der Waals surface area contributed by atoms with Crippen LogP contribution in [-0.2, 0) is 0 Å². The van der Waals surface area contributed by atoms with Crippen LogP contribution in [0.2, 0.25) is 0 Å². The van der Waals surface area contributed by atoms with Crippen molar-refractivity contribution >= 4 is 40.0 Å². The Morgan fingerprint density at radius 2 is 1.61 bits per heavy atom. The van der Waals surface area contributed by atoms with Crippen LogP contribution in [0.3, 0.4) is 0 Å². The van der Waals surface area contributed by atoms with E-state index in [1.807, 2.05) is 69.3 Å². The van der Waals surface area contributed by atoms with Gasteiger partial charge in [-0.3, -0.25) is 10.1 Å². The van der Waals surface area contributed by atoms with Crippen molar-refractivity contribution in [2.24, 2.45) is 0 Å². The van der Waals surface area contributed by atoms with E-state index in [9.17, 15) is 4.79 Å². The van der Waals surface area contributed by atoms with Crippen molar-refractivity contribution in [2.45, 2.75) is 20.8 Å². The summed E-state index contributed by atoms with van der Waals surface area (Å²) in [7, 11) is 0. The standard InChI is InChI=1S/C27H27N3O5S/c1-4-32-22-15-18(16-23(33-5-2)24(22)34-6-3)25(31)30-27(36)28-19-11-9-10-17(14-19)26-29-20-12-7-8-13-21(20)35-26/h7-16H,4-6H2,1-3H3,(H2,28,30,31,36). The topological polar surface area (TPSA) is 94.9 Å². The van der Waals surface area contributed by atoms with E-state index in [-0.39, 0.29) is 5.11 Å². The van der Waals surface area contributed by atoms with Gasteiger partial charge in [0.15, 0.2) is 22.2 Å². The van der Waals surface area contributed by atoms with Crippen LogP contribution in [0.1, 0.15) is 31.1 Å². The first-order valence-electron chi connectivity index (χ1n) is 11.7. The normalized spacial score (nSPS) is 10.6. The molecule has 9 heteroatoms. The predicted octanol–water partition coefficient (Wildman–Crippen LogP) is 5.82. The van der Waals surface area contributed by atoms with Crippen molar-refractivity contribution < 1.29 is 23.4 Å². The van der Waals surface area contributed by atoms with Gasteiger partial charge in [0.2, 0.25) is 11.6 Å². The Labute approximate surface area is 214 Å². The van der Waals surface area contributed by atoms with Crippen LogP contribution in [0, 0.1) is 0 Å². The number of fused-ring (bicyclic) bond motifs is 1. The number of para-hydroxylation sites is 2. The molecule has 4 aromatic rings. The number of aromatic nitrogens is 1. The van der Waals surface area contributed by atoms with E-state index in [2.05, 4.69) is 15.6 Å². The van der Waals surface area contributed by atoms with Gasteiger partial charge in [-0.1, -0.05) is 18.2 Å². The first-order chi connectivity index (χ1) is 17.5. The fourth-order valence-electron chi connectivity index (χ4n) is 3.58. The Morgan fingerprint density at radius 3 is 2.28 bits per heavy atom. The molecule has 0 atom stereocenters. The highest BCUT2D eigenvalue weighted by atomic mass is 32.1. The van der Waals surface area contributed by atoms with Gasteiger partial charge in [0, 0.05) is 16.8 Å². The summed E-state index contributed by atoms with van der Waals surface area (Å²) in [5.74, 6) is 1.42. The number of carbonyl (C=O) groups is 1. The second kappa shape index (κ2) is 11.5. The Hall–Kier alpha value is -4.11. The number of carbonyl (C=O) groups excluding carboxylic acids is 1. The van der Waals surface area contributed by atoms with Gasteiger partial charge in [-0.25, -0.2) is 4.98 Å². The molecule has 2 N–H and O–H groups in total. The number of anilines is 1. The van der Waals surface area contributed by atoms with Crippen molar-refractivity contribution in [3.05, 3.63) is 66.2 Å². The Kier molecular flexibility index (Phi) is 8.02. The molecule has 0 fully saturated rings. The number of nitrogens with zero attached hydrogens (tertiary/aromatic N) is 1. The molecule has 4 rings (SSSR count). The Bertz CT molecular complexity index is 1320. The number of hydrogen-bond acceptors (Lipinski definition) is 7. The van der Waals surface area contributed by atoms with Crippen LogP contribution in [-0.4, -0.2) is 35.8 Å². The van der Waals surface area contributed by atoms with Gasteiger partial charge >= 0.3 is 0 Å². The van der Waals surface area contributed by atoms with Crippen LogP contribution in [0.4, 0.5) is 5.69 Å². The van der Waals surface area contributed by atoms with E-state index in [4.69, 9.17) is 30.8 Å². The van der Waals surface area contributed by atoms with Gasteiger partial charge in [0.25, 0.3) is 5.91 Å². The number of thiocarbonyl (C=S) groups is 1. The molecular formula is C27H27N3O5S. The van der Waals surface area contributed by atoms with Gasteiger partial charge in [-0.2, -0.15) is 0 Å². The minimum Gasteiger partial charge on any atom is -0.490 e. The zero-order chi connectivity index (χ0) is 25.5. The third kappa shape index (κ3) is 5.75. The average molecular weight is 506 g/mol. The van der Waals surface area contributed by atoms with E-state index < -0.39 is 5.91 Å². The zero-order valence-corrected chi connectivity index (χ0v) is 21.1. The average Bonchev–Trinajstić information content (AvgIpc) is 3.31. The fraction of sp³-hybridized carbons (Fsp3) is 0.222. The molecule has 1 amide bonds. The summed E-state index contributed by atoms with van der Waals surface area (Å²) in [5, 5.41) is 5.88. The lowest BCUT2D eigenvalue weighted by Gasteiger charge is -2.17. The molecule has 186 valence electrons. The van der Waals surface area contributed by atoms with Crippen LogP contribution < -0.4 is 24.8 Å². The van der Waals surface area contributed by atoms with Crippen molar-refractivity contribution in [3.63, 3.8) is 0 Å². The minimum atomic E-state index is -0.410. The summed E-state index contributed by atoms with van der Waals surface area (Å²) in [6.45, 7) is 6.84. The maximum Gasteiger partial charge on any atom is 0.257 e. The fourth-order valence-corrected chi connectivity index (χ4v) is 3.79. The number of amides is 1. The molecule has 0 saturated heterocycles. The number of rotatable bonds is 9. The maximum atomic E-state index is 13.0. The minimum absolute atomic E-state index is 0.138. The van der Waals surface area contributed by atoms with E-state index in [1.165, 1.54) is 0 Å². The summed E-state index contributed by atoms with van der Waals surface area (Å²) in [5.41, 5.74) is 3.27. The molecule has 3 aromatic carbocycles. The van der Waals surface area contributed by atoms with Gasteiger partial charge in [0.05, 0.1) is 19.8 Å². The molecule has 0 aliphatic rings. The smallest absolute Gasteiger partial charge is 0.257 e. The SMILES string of the molecule is CCOc1cc(C(=O)NC(=S)Nc2cccc(-c3nc4ccccc4o3)c2)cc(OCC)c1OCC. The highest BCUT2D eigenvalue weighted by molar-refractivity contribution is 7.80. The van der Waals surface area contributed by atoms with Gasteiger partial charge in [0.1, 0.15) is 5.52 Å². The van der Waals surface area contributed by atoms with Crippen LogP contribution in [0.5, 0.6) is 17.2 Å². The van der Waals surface area contributed by atoms with Gasteiger partial charge < -0.3 is 23.9 Å². The number of benzene rings is 3. The van der Waals surface area contributed by atoms with E-state index in [1.54, 1.807) is 12.1 Å². The molecule has 1 heterocycles. The second-order valence-electron chi connectivity index (χ2n) is 7.58. The van der Waals surface area contributed by atoms with Crippen molar-refractivity contribution in [3.8, 4) is 28.7 Å². The monoisotopic (exact) mass is 505 g/mol. The van der Waals surface area contributed by atoms with E-state index >= 15 is 0 Å². The molecule has 0 aliphatic carbocycles. The van der Waals surface area contributed by atoms with Crippen molar-refractivity contribution in [1.29, 1.82) is 0 Å². The number of hydrogen-bond donors (Lipinski definition) is 2. The first kappa shape index (κ1) is 25.0. The van der Waals surface area contributed by atoms with Crippen LogP contribution in [0.15, 0.2) is 65.1 Å². The van der Waals surface area contributed by atoms with Crippen molar-refractivity contribution in [2.75, 3.05) is 25.1 Å². The first-order valence-corrected chi connectivity index (χ1v) is 12.1. The molecule has 0 aliphatic heterocycles. The molecule has 0 radical (unpaired) electrons. The summed E-state index contributed by atoms with van der Waals surface area (Å²) < 4.78 is 22.9. The Balaban J connectivity index is 1.50. The summed E-state index contributed by atoms with van der Waals surface area (Å²) in [6, 6.07) is 18.2. The molecular weight excluding hydrogens is 478 g/mol. The molecule has 8 nitrogen and oxygen atoms in total. The highest BCUT2D eigenvalue weighted by Gasteiger charge is 2.19. The second-order valence-corrected chi connectivity index (χ2v) is 7.98. The number of nitrogens with one attached hydrogen (secondary N) is 2. The van der Waals surface area contributed by atoms with E-state index in [0.29, 0.717) is 59.8 Å². The van der Waals surface area contributed by atoms with Crippen LogP contribution >= 0.6 is 12.2 Å². The molecule has 0 bridgehead atoms. The lowest BCUT2D eigenvalue weighted by molar-refractivity contribution is 0.0976. The third-order valence-electron chi connectivity index (χ3n) is 5.06. The lowest BCUT2D eigenvalue weighted by Crippen LogP contribution is -2.34. The Morgan fingerprint density at radius 1 is 0.917 bits per heavy atom. The highest BCUT2D eigenvalue weighted by Crippen LogP contribution is 2.39. The quantitative estimate of drug-likeness (QED) is 0.275. The zero-order valence-electron chi connectivity index (χ0n) is 20.3. The van der Waals surface area contributed by atoms with E-state index in [0.717, 1.165) is 11.1 Å². The molecule has 0 spiro atoms.